The van der Waals surface area contributed by atoms with E-state index in [-0.39, 0.29) is 30.1 Å². The van der Waals surface area contributed by atoms with Crippen molar-refractivity contribution in [3.63, 3.8) is 0 Å². The lowest BCUT2D eigenvalue weighted by Crippen LogP contribution is -2.18. The second kappa shape index (κ2) is 20.6. The summed E-state index contributed by atoms with van der Waals surface area (Å²) in [5, 5.41) is 4.37. The molecule has 0 bridgehead atoms. The van der Waals surface area contributed by atoms with Crippen molar-refractivity contribution in [1.82, 2.24) is 0 Å². The van der Waals surface area contributed by atoms with Gasteiger partial charge in [-0.1, -0.05) is 68.1 Å². The second-order valence-corrected chi connectivity index (χ2v) is 8.03. The lowest BCUT2D eigenvalue weighted by Gasteiger charge is -2.01. The predicted molar refractivity (Wildman–Crippen MR) is 167 cm³/mol. The minimum Gasteiger partial charge on any atom is -0.399 e. The third kappa shape index (κ3) is 16.5. The molecule has 40 heavy (non-hydrogen) atoms. The number of halogens is 3. The Balaban J connectivity index is 0.000000507. The molecule has 0 heterocycles. The van der Waals surface area contributed by atoms with E-state index < -0.39 is 5.24 Å². The molecule has 0 unspecified atom stereocenters. The molecule has 11 heteroatoms. The molecule has 0 aliphatic heterocycles. The Kier molecular flexibility index (Phi) is 18.4. The van der Waals surface area contributed by atoms with E-state index in [1.54, 1.807) is 72.8 Å². The van der Waals surface area contributed by atoms with E-state index in [4.69, 9.17) is 23.1 Å². The van der Waals surface area contributed by atoms with Crippen molar-refractivity contribution in [3.05, 3.63) is 132 Å². The van der Waals surface area contributed by atoms with Gasteiger partial charge in [0.05, 0.1) is 5.16 Å². The average Bonchev–Trinajstić information content (AvgIpc) is 2.90. The maximum Gasteiger partial charge on any atom is 0.285 e. The number of nitrogen functional groups attached to an aromatic ring is 1. The normalized spacial score (nSPS) is 8.68. The topological polar surface area (TPSA) is 111 Å². The number of aliphatic imine (C=N–C) groups is 1. The second-order valence-electron chi connectivity index (χ2n) is 7.07. The molecule has 0 atom stereocenters. The molecule has 4 rings (SSSR count). The van der Waals surface area contributed by atoms with Crippen LogP contribution >= 0.6 is 36.0 Å². The van der Waals surface area contributed by atoms with Crippen LogP contribution in [0.2, 0.25) is 0 Å². The summed E-state index contributed by atoms with van der Waals surface area (Å²) in [7, 11) is 0. The van der Waals surface area contributed by atoms with Gasteiger partial charge < -0.3 is 16.8 Å². The van der Waals surface area contributed by atoms with Gasteiger partial charge >= 0.3 is 0 Å². The zero-order valence-corrected chi connectivity index (χ0v) is 22.7. The van der Waals surface area contributed by atoms with E-state index in [2.05, 4.69) is 34.7 Å². The molecular formula is C29H27ClF2N4O2S2. The van der Waals surface area contributed by atoms with Crippen molar-refractivity contribution < 1.29 is 18.4 Å². The molecule has 5 N–H and O–H groups in total. The Hall–Kier alpha value is -4.34. The van der Waals surface area contributed by atoms with Crippen molar-refractivity contribution in [2.45, 2.75) is 7.43 Å². The Morgan fingerprint density at radius 1 is 0.800 bits per heavy atom. The first-order valence-corrected chi connectivity index (χ1v) is 12.1. The van der Waals surface area contributed by atoms with Crippen LogP contribution in [-0.4, -0.2) is 21.4 Å². The fourth-order valence-electron chi connectivity index (χ4n) is 2.47. The highest BCUT2D eigenvalue weighted by Crippen LogP contribution is 2.08. The molecule has 0 radical (unpaired) electrons. The van der Waals surface area contributed by atoms with Gasteiger partial charge in [-0.15, -0.1) is 0 Å². The van der Waals surface area contributed by atoms with E-state index in [0.717, 1.165) is 0 Å². The number of carbonyl (C=O) groups is 2. The minimum absolute atomic E-state index is 0. The first-order valence-electron chi connectivity index (χ1n) is 10.9. The lowest BCUT2D eigenvalue weighted by molar-refractivity contribution is 0.100. The highest BCUT2D eigenvalue weighted by molar-refractivity contribution is 7.80. The zero-order chi connectivity index (χ0) is 29.0. The van der Waals surface area contributed by atoms with Gasteiger partial charge in [0.1, 0.15) is 11.6 Å². The van der Waals surface area contributed by atoms with Crippen molar-refractivity contribution in [2.75, 3.05) is 11.1 Å². The molecule has 208 valence electrons. The Morgan fingerprint density at radius 3 is 1.68 bits per heavy atom. The monoisotopic (exact) mass is 600 g/mol. The summed E-state index contributed by atoms with van der Waals surface area (Å²) in [6.07, 6.45) is 0. The van der Waals surface area contributed by atoms with Crippen molar-refractivity contribution in [2.24, 2.45) is 10.7 Å². The maximum absolute atomic E-state index is 12.5. The summed E-state index contributed by atoms with van der Waals surface area (Å²) < 4.78 is 24.6. The molecule has 0 aliphatic rings. The zero-order valence-electron chi connectivity index (χ0n) is 20.3. The molecule has 6 nitrogen and oxygen atoms in total. The number of carbonyl (C=O) groups excluding carboxylic acids is 2. The molecule has 0 fully saturated rings. The smallest absolute Gasteiger partial charge is 0.285 e. The van der Waals surface area contributed by atoms with Crippen LogP contribution in [0, 0.1) is 11.6 Å². The summed E-state index contributed by atoms with van der Waals surface area (Å²) >= 11 is 14.0. The number of amides is 1. The van der Waals surface area contributed by atoms with Crippen LogP contribution < -0.4 is 16.8 Å². The van der Waals surface area contributed by atoms with Gasteiger partial charge in [-0.25, -0.2) is 8.78 Å². The largest absolute Gasteiger partial charge is 0.399 e. The number of nitrogens with zero attached hydrogens (tertiary/aromatic N) is 1. The van der Waals surface area contributed by atoms with Crippen molar-refractivity contribution >= 4 is 68.8 Å². The standard InChI is InChI=1S/C8H5NOS.C7H5ClO.C7H7FN2S.C6H6FN.CH4/c10-8(9-6-11)7-4-2-1-3-5-7;8-7(9)6-4-2-1-3-5-6;8-5-2-1-3-6(4-5)10-7(9)11;7-5-2-1-3-6(8)4-5;/h1-5H;1-5H;1-4H,(H3,9,10,11);1-4H,8H2;1H4. The van der Waals surface area contributed by atoms with Gasteiger partial charge in [-0.2, -0.15) is 4.99 Å². The number of hydrogen-bond acceptors (Lipinski definition) is 5. The summed E-state index contributed by atoms with van der Waals surface area (Å²) in [6, 6.07) is 29.2. The first-order chi connectivity index (χ1) is 18.6. The maximum atomic E-state index is 12.5. The van der Waals surface area contributed by atoms with Gasteiger partial charge in [0.25, 0.3) is 11.1 Å². The number of isothiocyanates is 1. The fraction of sp³-hybridized carbons (Fsp3) is 0.0345. The van der Waals surface area contributed by atoms with Crippen LogP contribution in [0.5, 0.6) is 0 Å². The highest BCUT2D eigenvalue weighted by Gasteiger charge is 1.99. The number of hydrogen-bond donors (Lipinski definition) is 3. The molecule has 0 aromatic heterocycles. The molecule has 0 saturated heterocycles. The average molecular weight is 601 g/mol. The van der Waals surface area contributed by atoms with Gasteiger partial charge in [0, 0.05) is 22.5 Å². The molecule has 0 spiro atoms. The summed E-state index contributed by atoms with van der Waals surface area (Å²) in [6.45, 7) is 0. The highest BCUT2D eigenvalue weighted by atomic mass is 35.5. The number of nitrogens with two attached hydrogens (primary N) is 2. The van der Waals surface area contributed by atoms with E-state index in [1.165, 1.54) is 24.3 Å². The Labute approximate surface area is 247 Å². The molecular weight excluding hydrogens is 574 g/mol. The molecule has 0 aliphatic carbocycles. The number of thiocarbonyl (C=S) groups is 2. The Bertz CT molecular complexity index is 1390. The number of anilines is 2. The van der Waals surface area contributed by atoms with Crippen LogP contribution in [0.25, 0.3) is 0 Å². The number of nitrogens with one attached hydrogen (secondary N) is 1. The van der Waals surface area contributed by atoms with E-state index in [1.807, 2.05) is 17.3 Å². The SMILES string of the molecule is C.NC(=S)Nc1cccc(F)c1.Nc1cccc(F)c1.O=C(Cl)c1ccccc1.O=C(N=C=S)c1ccccc1. The molecule has 4 aromatic carbocycles. The van der Waals surface area contributed by atoms with E-state index >= 15 is 0 Å². The first kappa shape index (κ1) is 35.7. The number of benzene rings is 4. The molecule has 1 amide bonds. The quantitative estimate of drug-likeness (QED) is 0.0965. The fourth-order valence-corrected chi connectivity index (χ4v) is 2.80. The lowest BCUT2D eigenvalue weighted by atomic mass is 10.2. The van der Waals surface area contributed by atoms with Gasteiger partial charge in [0.2, 0.25) is 0 Å². The van der Waals surface area contributed by atoms with Crippen LogP contribution in [0.4, 0.5) is 20.2 Å². The Morgan fingerprint density at radius 2 is 1.30 bits per heavy atom. The van der Waals surface area contributed by atoms with Gasteiger partial charge in [-0.3, -0.25) is 9.59 Å². The summed E-state index contributed by atoms with van der Waals surface area (Å²) in [5.41, 5.74) is 12.5. The van der Waals surface area contributed by atoms with Crippen molar-refractivity contribution in [3.8, 4) is 0 Å². The number of rotatable bonds is 3. The summed E-state index contributed by atoms with van der Waals surface area (Å²) in [4.78, 5) is 24.7. The van der Waals surface area contributed by atoms with Gasteiger partial charge in [-0.05, 0) is 84.6 Å². The molecule has 0 saturated carbocycles. The van der Waals surface area contributed by atoms with Crippen LogP contribution in [0.15, 0.2) is 114 Å². The van der Waals surface area contributed by atoms with Crippen LogP contribution in [-0.2, 0) is 0 Å². The minimum atomic E-state index is -0.407. The third-order valence-electron chi connectivity index (χ3n) is 4.11. The summed E-state index contributed by atoms with van der Waals surface area (Å²) in [5.74, 6) is -0.947. The molecule has 4 aromatic rings. The van der Waals surface area contributed by atoms with Crippen molar-refractivity contribution in [1.29, 1.82) is 0 Å². The van der Waals surface area contributed by atoms with Crippen LogP contribution in [0.3, 0.4) is 0 Å². The third-order valence-corrected chi connectivity index (χ3v) is 4.52. The van der Waals surface area contributed by atoms with E-state index in [0.29, 0.717) is 22.5 Å². The van der Waals surface area contributed by atoms with Gasteiger partial charge in [0.15, 0.2) is 5.11 Å². The van der Waals surface area contributed by atoms with E-state index in [9.17, 15) is 18.4 Å². The van der Waals surface area contributed by atoms with Crippen LogP contribution in [0.1, 0.15) is 28.1 Å². The predicted octanol–water partition coefficient (Wildman–Crippen LogP) is 7.52.